The van der Waals surface area contributed by atoms with Crippen LogP contribution >= 0.6 is 23.2 Å². The van der Waals surface area contributed by atoms with Crippen LogP contribution in [0.5, 0.6) is 0 Å². The minimum Gasteiger partial charge on any atom is -0.464 e. The number of ether oxygens (including phenoxy) is 1. The van der Waals surface area contributed by atoms with Crippen LogP contribution in [-0.4, -0.2) is 61.5 Å². The number of halogens is 2. The summed E-state index contributed by atoms with van der Waals surface area (Å²) in [5.74, 6) is -2.67. The quantitative estimate of drug-likeness (QED) is 0.253. The monoisotopic (exact) mass is 664 g/mol. The zero-order chi connectivity index (χ0) is 31.6. The number of hydroxylamine groups is 1. The maximum absolute atomic E-state index is 14.3. The van der Waals surface area contributed by atoms with Gasteiger partial charge in [-0.05, 0) is 42.2 Å². The van der Waals surface area contributed by atoms with Gasteiger partial charge in [-0.3, -0.25) is 14.4 Å². The second-order valence-corrected chi connectivity index (χ2v) is 13.2. The average molecular weight is 666 g/mol. The molecule has 0 saturated heterocycles. The number of esters is 1. The molecule has 15 heteroatoms. The molecule has 2 heterocycles. The maximum atomic E-state index is 14.3. The van der Waals surface area contributed by atoms with Crippen molar-refractivity contribution in [3.8, 4) is 0 Å². The zero-order valence-electron chi connectivity index (χ0n) is 23.8. The first-order valence-corrected chi connectivity index (χ1v) is 16.4. The normalized spacial score (nSPS) is 21.9. The van der Waals surface area contributed by atoms with Gasteiger partial charge in [0.15, 0.2) is 12.3 Å². The Morgan fingerprint density at radius 1 is 1.11 bits per heavy atom. The Bertz CT molecular complexity index is 1680. The molecule has 1 saturated carbocycles. The lowest BCUT2D eigenvalue weighted by atomic mass is 9.76. The predicted molar refractivity (Wildman–Crippen MR) is 159 cm³/mol. The van der Waals surface area contributed by atoms with E-state index in [1.54, 1.807) is 41.3 Å². The van der Waals surface area contributed by atoms with Crippen LogP contribution in [-0.2, 0) is 31.0 Å². The molecule has 2 aromatic carbocycles. The summed E-state index contributed by atoms with van der Waals surface area (Å²) in [7, 11) is -2.41. The van der Waals surface area contributed by atoms with Crippen molar-refractivity contribution < 1.29 is 36.8 Å². The molecule has 0 spiro atoms. The molecular weight excluding hydrogens is 635 g/mol. The molecule has 1 aromatic heterocycles. The van der Waals surface area contributed by atoms with E-state index >= 15 is 0 Å². The molecule has 234 valence electrons. The van der Waals surface area contributed by atoms with E-state index in [0.717, 1.165) is 25.4 Å². The largest absolute Gasteiger partial charge is 0.464 e. The molecule has 12 nitrogen and oxygen atoms in total. The third-order valence-corrected chi connectivity index (χ3v) is 9.00. The summed E-state index contributed by atoms with van der Waals surface area (Å²) >= 11 is 12.9. The Labute approximate surface area is 264 Å². The van der Waals surface area contributed by atoms with Gasteiger partial charge in [-0.2, -0.15) is 0 Å². The second-order valence-electron chi connectivity index (χ2n) is 10.6. The highest BCUT2D eigenvalue weighted by Crippen LogP contribution is 2.47. The SMILES string of the molecule is COC(=O)c1coc(CONC(=O)[C@@H]2c3ccccc3C(=O)N([C@H]3CCCC[C@@H]3NS(C)(=O)=O)[C@H]2c2ccc(Cl)cc2Cl)n1. The number of nitrogens with zero attached hydrogens (tertiary/aromatic N) is 2. The highest BCUT2D eigenvalue weighted by molar-refractivity contribution is 7.88. The van der Waals surface area contributed by atoms with Crippen LogP contribution in [0, 0.1) is 0 Å². The molecule has 4 atom stereocenters. The van der Waals surface area contributed by atoms with Gasteiger partial charge < -0.3 is 14.1 Å². The standard InChI is InChI=1S/C29H30Cl2N4O8S/c1-41-29(38)22-14-42-24(32-22)15-43-33-27(36)25-17-7-3-4-8-18(17)28(37)35(26(25)19-12-11-16(30)13-20(19)31)23-10-6-5-9-21(23)34-44(2,39)40/h3-4,7-8,11-14,21,23,25-26,34H,5-6,9-10,15H2,1-2H3,(H,33,36)/t21-,23-,25+,26-/m0/s1. The molecule has 2 amide bonds. The third kappa shape index (κ3) is 6.76. The Morgan fingerprint density at radius 3 is 2.59 bits per heavy atom. The molecule has 3 aromatic rings. The van der Waals surface area contributed by atoms with Crippen LogP contribution in [0.2, 0.25) is 10.0 Å². The van der Waals surface area contributed by atoms with Gasteiger partial charge in [0.1, 0.15) is 6.26 Å². The van der Waals surface area contributed by atoms with E-state index in [1.807, 2.05) is 0 Å². The zero-order valence-corrected chi connectivity index (χ0v) is 26.1. The third-order valence-electron chi connectivity index (χ3n) is 7.71. The van der Waals surface area contributed by atoms with Crippen molar-refractivity contribution in [2.75, 3.05) is 13.4 Å². The number of carbonyl (C=O) groups is 3. The summed E-state index contributed by atoms with van der Waals surface area (Å²) in [5, 5.41) is 0.598. The lowest BCUT2D eigenvalue weighted by Crippen LogP contribution is -2.59. The van der Waals surface area contributed by atoms with Crippen molar-refractivity contribution in [2.45, 2.75) is 56.3 Å². The van der Waals surface area contributed by atoms with E-state index in [-0.39, 0.29) is 29.1 Å². The van der Waals surface area contributed by atoms with E-state index in [2.05, 4.69) is 19.9 Å². The first-order chi connectivity index (χ1) is 21.0. The number of fused-ring (bicyclic) bond motifs is 1. The summed E-state index contributed by atoms with van der Waals surface area (Å²) in [6.45, 7) is -0.310. The van der Waals surface area contributed by atoms with Gasteiger partial charge in [0.05, 0.1) is 25.3 Å². The summed E-state index contributed by atoms with van der Waals surface area (Å²) in [6.07, 6.45) is 4.72. The Kier molecular flexibility index (Phi) is 9.61. The molecule has 2 aliphatic rings. The van der Waals surface area contributed by atoms with Crippen LogP contribution in [0.1, 0.15) is 75.5 Å². The number of aromatic nitrogens is 1. The van der Waals surface area contributed by atoms with Crippen molar-refractivity contribution in [1.82, 2.24) is 20.1 Å². The molecule has 1 aliphatic carbocycles. The van der Waals surface area contributed by atoms with Crippen molar-refractivity contribution in [3.05, 3.63) is 87.0 Å². The van der Waals surface area contributed by atoms with Gasteiger partial charge >= 0.3 is 5.97 Å². The number of hydrogen-bond acceptors (Lipinski definition) is 9. The maximum Gasteiger partial charge on any atom is 0.360 e. The van der Waals surface area contributed by atoms with Crippen LogP contribution in [0.15, 0.2) is 53.1 Å². The average Bonchev–Trinajstić information content (AvgIpc) is 3.45. The number of nitrogens with one attached hydrogen (secondary N) is 2. The molecule has 1 fully saturated rings. The lowest BCUT2D eigenvalue weighted by molar-refractivity contribution is -0.138. The summed E-state index contributed by atoms with van der Waals surface area (Å²) in [5.41, 5.74) is 3.58. The minimum atomic E-state index is -3.62. The lowest BCUT2D eigenvalue weighted by Gasteiger charge is -2.49. The van der Waals surface area contributed by atoms with Crippen LogP contribution in [0.4, 0.5) is 0 Å². The molecule has 0 bridgehead atoms. The first kappa shape index (κ1) is 31.9. The van der Waals surface area contributed by atoms with Gasteiger partial charge in [0, 0.05) is 27.7 Å². The fraction of sp³-hybridized carbons (Fsp3) is 0.379. The highest BCUT2D eigenvalue weighted by atomic mass is 35.5. The van der Waals surface area contributed by atoms with Crippen molar-refractivity contribution >= 4 is 51.0 Å². The number of amides is 2. The van der Waals surface area contributed by atoms with E-state index in [1.165, 1.54) is 13.2 Å². The number of sulfonamides is 1. The number of rotatable bonds is 9. The van der Waals surface area contributed by atoms with Crippen molar-refractivity contribution in [1.29, 1.82) is 0 Å². The minimum absolute atomic E-state index is 0.0146. The van der Waals surface area contributed by atoms with Crippen LogP contribution in [0.25, 0.3) is 0 Å². The van der Waals surface area contributed by atoms with E-state index in [0.29, 0.717) is 34.6 Å². The van der Waals surface area contributed by atoms with Gasteiger partial charge in [-0.25, -0.2) is 28.4 Å². The number of oxazole rings is 1. The topological polar surface area (TPSA) is 157 Å². The summed E-state index contributed by atoms with van der Waals surface area (Å²) in [6, 6.07) is 9.42. The van der Waals surface area contributed by atoms with E-state index < -0.39 is 45.9 Å². The van der Waals surface area contributed by atoms with E-state index in [9.17, 15) is 22.8 Å². The Hall–Kier alpha value is -3.49. The van der Waals surface area contributed by atoms with E-state index in [4.69, 9.17) is 32.5 Å². The van der Waals surface area contributed by atoms with Crippen LogP contribution < -0.4 is 10.2 Å². The fourth-order valence-electron chi connectivity index (χ4n) is 5.94. The number of benzene rings is 2. The highest BCUT2D eigenvalue weighted by Gasteiger charge is 2.49. The Morgan fingerprint density at radius 2 is 1.86 bits per heavy atom. The summed E-state index contributed by atoms with van der Waals surface area (Å²) < 4.78 is 37.2. The van der Waals surface area contributed by atoms with Gasteiger partial charge in [-0.1, -0.05) is 60.3 Å². The number of carbonyl (C=O) groups excluding carboxylic acids is 3. The smallest absolute Gasteiger partial charge is 0.360 e. The molecule has 1 aliphatic heterocycles. The molecule has 44 heavy (non-hydrogen) atoms. The molecule has 5 rings (SSSR count). The molecule has 2 N–H and O–H groups in total. The van der Waals surface area contributed by atoms with Crippen molar-refractivity contribution in [3.63, 3.8) is 0 Å². The predicted octanol–water partition coefficient (Wildman–Crippen LogP) is 4.16. The molecule has 0 unspecified atom stereocenters. The van der Waals surface area contributed by atoms with Crippen LogP contribution in [0.3, 0.4) is 0 Å². The summed E-state index contributed by atoms with van der Waals surface area (Å²) in [4.78, 5) is 51.0. The molecular formula is C29H30Cl2N4O8S. The van der Waals surface area contributed by atoms with Gasteiger partial charge in [0.2, 0.25) is 15.9 Å². The fourth-order valence-corrected chi connectivity index (χ4v) is 7.28. The molecule has 0 radical (unpaired) electrons. The number of methoxy groups -OCH3 is 1. The number of hydrogen-bond donors (Lipinski definition) is 2. The second kappa shape index (κ2) is 13.2. The first-order valence-electron chi connectivity index (χ1n) is 13.8. The van der Waals surface area contributed by atoms with Crippen molar-refractivity contribution in [2.24, 2.45) is 0 Å². The van der Waals surface area contributed by atoms with Gasteiger partial charge in [0.25, 0.3) is 11.8 Å². The van der Waals surface area contributed by atoms with Gasteiger partial charge in [-0.15, -0.1) is 0 Å². The Balaban J connectivity index is 1.55.